The van der Waals surface area contributed by atoms with Crippen molar-refractivity contribution in [2.75, 3.05) is 14.2 Å². The van der Waals surface area contributed by atoms with Crippen LogP contribution < -0.4 is 14.8 Å². The predicted molar refractivity (Wildman–Crippen MR) is 107 cm³/mol. The zero-order valence-electron chi connectivity index (χ0n) is 15.6. The van der Waals surface area contributed by atoms with Crippen LogP contribution in [-0.4, -0.2) is 25.1 Å². The lowest BCUT2D eigenvalue weighted by Gasteiger charge is -2.17. The van der Waals surface area contributed by atoms with E-state index >= 15 is 0 Å². The number of nitrogens with zero attached hydrogens (tertiary/aromatic N) is 1. The standard InChI is InChI=1S/C21H22N2O3S/c1-14(18-6-4-5-7-19(18)26-3)22-20(24)12-16-13-27-21(23-16)15-8-10-17(25-2)11-9-15/h4-11,13-14H,12H2,1-3H3,(H,22,24). The third-order valence-corrected chi connectivity index (χ3v) is 5.15. The number of para-hydroxylation sites is 1. The van der Waals surface area contributed by atoms with Gasteiger partial charge in [0.25, 0.3) is 0 Å². The number of rotatable bonds is 7. The van der Waals surface area contributed by atoms with Crippen LogP contribution in [0.3, 0.4) is 0 Å². The number of hydrogen-bond acceptors (Lipinski definition) is 5. The second-order valence-electron chi connectivity index (χ2n) is 6.08. The van der Waals surface area contributed by atoms with Crippen molar-refractivity contribution in [1.29, 1.82) is 0 Å². The number of amides is 1. The molecule has 2 aromatic carbocycles. The van der Waals surface area contributed by atoms with Gasteiger partial charge in [-0.2, -0.15) is 0 Å². The summed E-state index contributed by atoms with van der Waals surface area (Å²) in [5.41, 5.74) is 2.72. The highest BCUT2D eigenvalue weighted by molar-refractivity contribution is 7.13. The first-order valence-electron chi connectivity index (χ1n) is 8.62. The molecule has 1 atom stereocenters. The first kappa shape index (κ1) is 18.9. The van der Waals surface area contributed by atoms with Gasteiger partial charge in [0, 0.05) is 16.5 Å². The molecule has 3 rings (SSSR count). The molecule has 0 fully saturated rings. The molecule has 0 saturated carbocycles. The zero-order chi connectivity index (χ0) is 19.2. The largest absolute Gasteiger partial charge is 0.497 e. The zero-order valence-corrected chi connectivity index (χ0v) is 16.4. The number of carbonyl (C=O) groups excluding carboxylic acids is 1. The SMILES string of the molecule is COc1ccc(-c2nc(CC(=O)NC(C)c3ccccc3OC)cs2)cc1. The number of methoxy groups -OCH3 is 2. The predicted octanol–water partition coefficient (Wildman–Crippen LogP) is 4.25. The second kappa shape index (κ2) is 8.68. The van der Waals surface area contributed by atoms with Crippen molar-refractivity contribution in [3.8, 4) is 22.1 Å². The third kappa shape index (κ3) is 4.65. The first-order chi connectivity index (χ1) is 13.1. The Bertz CT molecular complexity index is 906. The van der Waals surface area contributed by atoms with Crippen molar-refractivity contribution in [2.24, 2.45) is 0 Å². The first-order valence-corrected chi connectivity index (χ1v) is 9.49. The molecular formula is C21H22N2O3S. The van der Waals surface area contributed by atoms with Crippen LogP contribution in [0.4, 0.5) is 0 Å². The molecule has 0 aliphatic carbocycles. The summed E-state index contributed by atoms with van der Waals surface area (Å²) in [5.74, 6) is 1.50. The Morgan fingerprint density at radius 2 is 1.85 bits per heavy atom. The molecule has 1 aromatic heterocycles. The Morgan fingerprint density at radius 3 is 2.56 bits per heavy atom. The Kier molecular flexibility index (Phi) is 6.08. The van der Waals surface area contributed by atoms with Gasteiger partial charge in [0.2, 0.25) is 5.91 Å². The highest BCUT2D eigenvalue weighted by atomic mass is 32.1. The lowest BCUT2D eigenvalue weighted by molar-refractivity contribution is -0.121. The average Bonchev–Trinajstić information content (AvgIpc) is 3.16. The van der Waals surface area contributed by atoms with Gasteiger partial charge in [0.15, 0.2) is 0 Å². The fraction of sp³-hybridized carbons (Fsp3) is 0.238. The Morgan fingerprint density at radius 1 is 1.11 bits per heavy atom. The Labute approximate surface area is 163 Å². The summed E-state index contributed by atoms with van der Waals surface area (Å²) >= 11 is 1.53. The van der Waals surface area contributed by atoms with Gasteiger partial charge in [0.1, 0.15) is 16.5 Å². The summed E-state index contributed by atoms with van der Waals surface area (Å²) in [6.45, 7) is 1.94. The van der Waals surface area contributed by atoms with Gasteiger partial charge in [-0.3, -0.25) is 4.79 Å². The summed E-state index contributed by atoms with van der Waals surface area (Å²) in [7, 11) is 3.27. The van der Waals surface area contributed by atoms with Crippen LogP contribution in [-0.2, 0) is 11.2 Å². The molecule has 3 aromatic rings. The lowest BCUT2D eigenvalue weighted by Crippen LogP contribution is -2.28. The fourth-order valence-electron chi connectivity index (χ4n) is 2.81. The van der Waals surface area contributed by atoms with E-state index in [9.17, 15) is 4.79 Å². The lowest BCUT2D eigenvalue weighted by atomic mass is 10.1. The van der Waals surface area contributed by atoms with Crippen LogP contribution >= 0.6 is 11.3 Å². The van der Waals surface area contributed by atoms with Crippen LogP contribution in [0.2, 0.25) is 0 Å². The smallest absolute Gasteiger partial charge is 0.226 e. The van der Waals surface area contributed by atoms with Gasteiger partial charge in [-0.05, 0) is 37.3 Å². The van der Waals surface area contributed by atoms with Crippen LogP contribution in [0.25, 0.3) is 10.6 Å². The van der Waals surface area contributed by atoms with Crippen LogP contribution in [0.1, 0.15) is 24.2 Å². The molecule has 0 aliphatic heterocycles. The third-order valence-electron chi connectivity index (χ3n) is 4.21. The van der Waals surface area contributed by atoms with E-state index in [1.165, 1.54) is 11.3 Å². The normalized spacial score (nSPS) is 11.7. The minimum Gasteiger partial charge on any atom is -0.497 e. The number of aromatic nitrogens is 1. The van der Waals surface area contributed by atoms with Crippen molar-refractivity contribution in [1.82, 2.24) is 10.3 Å². The maximum Gasteiger partial charge on any atom is 0.226 e. The van der Waals surface area contributed by atoms with Crippen LogP contribution in [0, 0.1) is 0 Å². The minimum absolute atomic E-state index is 0.0695. The second-order valence-corrected chi connectivity index (χ2v) is 6.94. The van der Waals surface area contributed by atoms with E-state index in [1.54, 1.807) is 14.2 Å². The number of thiazole rings is 1. The van der Waals surface area contributed by atoms with E-state index < -0.39 is 0 Å². The molecule has 0 radical (unpaired) electrons. The summed E-state index contributed by atoms with van der Waals surface area (Å²) in [6.07, 6.45) is 0.242. The van der Waals surface area contributed by atoms with Crippen molar-refractivity contribution in [2.45, 2.75) is 19.4 Å². The van der Waals surface area contributed by atoms with Gasteiger partial charge in [-0.15, -0.1) is 11.3 Å². The molecule has 140 valence electrons. The van der Waals surface area contributed by atoms with Gasteiger partial charge in [-0.1, -0.05) is 18.2 Å². The van der Waals surface area contributed by atoms with Crippen LogP contribution in [0.15, 0.2) is 53.9 Å². The number of benzene rings is 2. The van der Waals surface area contributed by atoms with Gasteiger partial charge in [0.05, 0.1) is 32.4 Å². The number of carbonyl (C=O) groups is 1. The molecule has 5 nitrogen and oxygen atoms in total. The fourth-order valence-corrected chi connectivity index (χ4v) is 3.64. The monoisotopic (exact) mass is 382 g/mol. The van der Waals surface area contributed by atoms with E-state index in [4.69, 9.17) is 9.47 Å². The maximum atomic E-state index is 12.4. The van der Waals surface area contributed by atoms with Crippen LogP contribution in [0.5, 0.6) is 11.5 Å². The highest BCUT2D eigenvalue weighted by Gasteiger charge is 2.15. The van der Waals surface area contributed by atoms with Crippen molar-refractivity contribution in [3.63, 3.8) is 0 Å². The molecule has 0 saturated heterocycles. The van der Waals surface area contributed by atoms with Crippen molar-refractivity contribution >= 4 is 17.2 Å². The summed E-state index contributed by atoms with van der Waals surface area (Å²) in [4.78, 5) is 17.0. The van der Waals surface area contributed by atoms with Crippen molar-refractivity contribution in [3.05, 3.63) is 65.2 Å². The van der Waals surface area contributed by atoms with Gasteiger partial charge in [-0.25, -0.2) is 4.98 Å². The van der Waals surface area contributed by atoms with E-state index in [1.807, 2.05) is 60.8 Å². The molecule has 1 amide bonds. The quantitative estimate of drug-likeness (QED) is 0.664. The van der Waals surface area contributed by atoms with E-state index in [2.05, 4.69) is 10.3 Å². The average molecular weight is 382 g/mol. The topological polar surface area (TPSA) is 60.5 Å². The molecule has 27 heavy (non-hydrogen) atoms. The van der Waals surface area contributed by atoms with Gasteiger partial charge >= 0.3 is 0 Å². The number of ether oxygens (including phenoxy) is 2. The number of nitrogens with one attached hydrogen (secondary N) is 1. The molecular weight excluding hydrogens is 360 g/mol. The summed E-state index contributed by atoms with van der Waals surface area (Å²) in [5, 5.41) is 5.82. The molecule has 1 N–H and O–H groups in total. The van der Waals surface area contributed by atoms with Gasteiger partial charge < -0.3 is 14.8 Å². The summed E-state index contributed by atoms with van der Waals surface area (Å²) in [6, 6.07) is 15.3. The summed E-state index contributed by atoms with van der Waals surface area (Å²) < 4.78 is 10.5. The Balaban J connectivity index is 1.63. The molecule has 0 bridgehead atoms. The molecule has 1 heterocycles. The molecule has 0 spiro atoms. The minimum atomic E-state index is -0.145. The highest BCUT2D eigenvalue weighted by Crippen LogP contribution is 2.27. The number of hydrogen-bond donors (Lipinski definition) is 1. The van der Waals surface area contributed by atoms with E-state index in [0.717, 1.165) is 33.3 Å². The Hall–Kier alpha value is -2.86. The molecule has 1 unspecified atom stereocenters. The van der Waals surface area contributed by atoms with E-state index in [0.29, 0.717) is 0 Å². The molecule has 6 heteroatoms. The maximum absolute atomic E-state index is 12.4. The van der Waals surface area contributed by atoms with E-state index in [-0.39, 0.29) is 18.4 Å². The van der Waals surface area contributed by atoms with Crippen molar-refractivity contribution < 1.29 is 14.3 Å². The molecule has 0 aliphatic rings.